The molecule has 0 aliphatic heterocycles. The lowest BCUT2D eigenvalue weighted by Crippen LogP contribution is -2.44. The average molecular weight is 421 g/mol. The molecule has 0 aliphatic rings. The number of aryl methyl sites for hydroxylation is 1. The Morgan fingerprint density at radius 2 is 2.03 bits per heavy atom. The molecule has 10 heteroatoms. The first-order valence-electron chi connectivity index (χ1n) is 9.60. The Morgan fingerprint density at radius 3 is 2.77 bits per heavy atom. The molecule has 3 N–H and O–H groups in total. The lowest BCUT2D eigenvalue weighted by Gasteiger charge is -2.18. The van der Waals surface area contributed by atoms with Crippen molar-refractivity contribution in [3.8, 4) is 5.69 Å². The number of aromatic amines is 1. The zero-order chi connectivity index (χ0) is 22.0. The minimum Gasteiger partial charge on any atom is -0.361 e. The summed E-state index contributed by atoms with van der Waals surface area (Å²) in [6, 6.07) is 10.9. The smallest absolute Gasteiger partial charge is 0.247 e. The van der Waals surface area contributed by atoms with Gasteiger partial charge in [-0.25, -0.2) is 4.39 Å². The Labute approximate surface area is 176 Å². The van der Waals surface area contributed by atoms with Gasteiger partial charge in [0.25, 0.3) is 0 Å². The van der Waals surface area contributed by atoms with Crippen molar-refractivity contribution in [3.05, 3.63) is 65.9 Å². The van der Waals surface area contributed by atoms with Gasteiger partial charge in [-0.1, -0.05) is 18.2 Å². The number of halogens is 1. The Kier molecular flexibility index (Phi) is 5.44. The standard InChI is InChI=1S/C21H20FN7O2/c1-12-26-27-28-29(12)15-7-8-17(22)19(10-15)25-21(31)20(24-13(2)30)9-14-11-23-18-6-4-3-5-16(14)18/h3-8,10-11,20,23H,9H2,1-2H3,(H,24,30)(H,25,31). The third-order valence-electron chi connectivity index (χ3n) is 4.87. The van der Waals surface area contributed by atoms with E-state index >= 15 is 0 Å². The molecule has 4 rings (SSSR count). The SMILES string of the molecule is CC(=O)NC(Cc1c[nH]c2ccccc12)C(=O)Nc1cc(-n2nnnc2C)ccc1F. The third-order valence-corrected chi connectivity index (χ3v) is 4.87. The fourth-order valence-electron chi connectivity index (χ4n) is 3.41. The number of nitrogens with zero attached hydrogens (tertiary/aromatic N) is 4. The number of fused-ring (bicyclic) bond motifs is 1. The molecular weight excluding hydrogens is 401 g/mol. The lowest BCUT2D eigenvalue weighted by molar-refractivity contribution is -0.125. The van der Waals surface area contributed by atoms with Gasteiger partial charge in [0.05, 0.1) is 11.4 Å². The zero-order valence-corrected chi connectivity index (χ0v) is 16.9. The van der Waals surface area contributed by atoms with Gasteiger partial charge in [0.2, 0.25) is 11.8 Å². The van der Waals surface area contributed by atoms with Crippen LogP contribution in [0, 0.1) is 12.7 Å². The number of nitrogens with one attached hydrogen (secondary N) is 3. The highest BCUT2D eigenvalue weighted by Crippen LogP contribution is 2.22. The molecule has 9 nitrogen and oxygen atoms in total. The Balaban J connectivity index is 1.59. The topological polar surface area (TPSA) is 118 Å². The number of H-pyrrole nitrogens is 1. The fraction of sp³-hybridized carbons (Fsp3) is 0.190. The van der Waals surface area contributed by atoms with Gasteiger partial charge >= 0.3 is 0 Å². The molecule has 31 heavy (non-hydrogen) atoms. The van der Waals surface area contributed by atoms with Crippen molar-refractivity contribution in [2.45, 2.75) is 26.3 Å². The summed E-state index contributed by atoms with van der Waals surface area (Å²) in [5.41, 5.74) is 2.25. The van der Waals surface area contributed by atoms with Crippen LogP contribution in [0.4, 0.5) is 10.1 Å². The largest absolute Gasteiger partial charge is 0.361 e. The Morgan fingerprint density at radius 1 is 1.23 bits per heavy atom. The second kappa shape index (κ2) is 8.34. The first kappa shape index (κ1) is 20.2. The molecule has 0 fully saturated rings. The maximum Gasteiger partial charge on any atom is 0.247 e. The van der Waals surface area contributed by atoms with Crippen LogP contribution in [0.1, 0.15) is 18.3 Å². The van der Waals surface area contributed by atoms with Gasteiger partial charge in [-0.2, -0.15) is 4.68 Å². The highest BCUT2D eigenvalue weighted by atomic mass is 19.1. The van der Waals surface area contributed by atoms with E-state index in [2.05, 4.69) is 31.1 Å². The molecule has 1 unspecified atom stereocenters. The summed E-state index contributed by atoms with van der Waals surface area (Å²) < 4.78 is 15.8. The highest BCUT2D eigenvalue weighted by Gasteiger charge is 2.23. The first-order chi connectivity index (χ1) is 14.9. The van der Waals surface area contributed by atoms with Gasteiger partial charge in [0.15, 0.2) is 5.82 Å². The molecule has 2 amide bonds. The molecule has 158 valence electrons. The van der Waals surface area contributed by atoms with Gasteiger partial charge in [-0.15, -0.1) is 5.10 Å². The number of para-hydroxylation sites is 1. The number of carbonyl (C=O) groups excluding carboxylic acids is 2. The van der Waals surface area contributed by atoms with Crippen molar-refractivity contribution in [2.24, 2.45) is 0 Å². The van der Waals surface area contributed by atoms with Gasteiger partial charge in [0.1, 0.15) is 11.9 Å². The maximum absolute atomic E-state index is 14.4. The minimum absolute atomic E-state index is 0.0355. The van der Waals surface area contributed by atoms with Gasteiger partial charge in [-0.05, 0) is 47.2 Å². The van der Waals surface area contributed by atoms with Gasteiger partial charge < -0.3 is 15.6 Å². The van der Waals surface area contributed by atoms with Crippen molar-refractivity contribution in [1.82, 2.24) is 30.5 Å². The van der Waals surface area contributed by atoms with Crippen LogP contribution in [-0.4, -0.2) is 43.0 Å². The van der Waals surface area contributed by atoms with Crippen LogP contribution in [0.25, 0.3) is 16.6 Å². The number of aromatic nitrogens is 5. The van der Waals surface area contributed by atoms with Crippen molar-refractivity contribution in [2.75, 3.05) is 5.32 Å². The Bertz CT molecular complexity index is 1260. The molecule has 0 saturated heterocycles. The zero-order valence-electron chi connectivity index (χ0n) is 16.9. The molecule has 0 radical (unpaired) electrons. The number of amides is 2. The summed E-state index contributed by atoms with van der Waals surface area (Å²) in [6.45, 7) is 3.03. The van der Waals surface area contributed by atoms with Crippen LogP contribution in [0.15, 0.2) is 48.7 Å². The number of hydrogen-bond donors (Lipinski definition) is 3. The molecule has 4 aromatic rings. The van der Waals surface area contributed by atoms with Crippen LogP contribution < -0.4 is 10.6 Å². The molecule has 0 spiro atoms. The van der Waals surface area contributed by atoms with E-state index in [1.54, 1.807) is 13.1 Å². The van der Waals surface area contributed by atoms with Crippen LogP contribution in [-0.2, 0) is 16.0 Å². The summed E-state index contributed by atoms with van der Waals surface area (Å²) >= 11 is 0. The van der Waals surface area contributed by atoms with Crippen LogP contribution in [0.5, 0.6) is 0 Å². The molecule has 0 bridgehead atoms. The predicted octanol–water partition coefficient (Wildman–Crippen LogP) is 2.28. The van der Waals surface area contributed by atoms with Crippen LogP contribution in [0.2, 0.25) is 0 Å². The molecule has 0 saturated carbocycles. The number of benzene rings is 2. The van der Waals surface area contributed by atoms with Gasteiger partial charge in [-0.3, -0.25) is 9.59 Å². The second-order valence-electron chi connectivity index (χ2n) is 7.11. The first-order valence-corrected chi connectivity index (χ1v) is 9.60. The van der Waals surface area contributed by atoms with E-state index in [1.807, 2.05) is 24.3 Å². The lowest BCUT2D eigenvalue weighted by atomic mass is 10.0. The summed E-state index contributed by atoms with van der Waals surface area (Å²) in [5.74, 6) is -1.00. The van der Waals surface area contributed by atoms with Crippen molar-refractivity contribution < 1.29 is 14.0 Å². The van der Waals surface area contributed by atoms with Gasteiger partial charge in [0, 0.05) is 30.4 Å². The molecule has 2 heterocycles. The van der Waals surface area contributed by atoms with Crippen LogP contribution in [0.3, 0.4) is 0 Å². The number of tetrazole rings is 1. The number of hydrogen-bond acceptors (Lipinski definition) is 5. The number of rotatable bonds is 6. The van der Waals surface area contributed by atoms with E-state index in [4.69, 9.17) is 0 Å². The normalized spacial score (nSPS) is 12.0. The molecule has 2 aromatic heterocycles. The quantitative estimate of drug-likeness (QED) is 0.442. The van der Waals surface area contributed by atoms with E-state index in [9.17, 15) is 14.0 Å². The van der Waals surface area contributed by atoms with Crippen LogP contribution >= 0.6 is 0 Å². The molecule has 1 atom stereocenters. The summed E-state index contributed by atoms with van der Waals surface area (Å²) in [4.78, 5) is 27.8. The summed E-state index contributed by atoms with van der Waals surface area (Å²) in [7, 11) is 0. The maximum atomic E-state index is 14.4. The number of carbonyl (C=O) groups is 2. The Hall–Kier alpha value is -4.08. The fourth-order valence-corrected chi connectivity index (χ4v) is 3.41. The van der Waals surface area contributed by atoms with Crippen molar-refractivity contribution >= 4 is 28.4 Å². The average Bonchev–Trinajstić information content (AvgIpc) is 3.35. The molecular formula is C21H20FN7O2. The van der Waals surface area contributed by atoms with E-state index in [0.717, 1.165) is 16.5 Å². The highest BCUT2D eigenvalue weighted by molar-refractivity contribution is 5.98. The molecule has 2 aromatic carbocycles. The molecule has 0 aliphatic carbocycles. The van der Waals surface area contributed by atoms with E-state index < -0.39 is 17.8 Å². The third kappa shape index (κ3) is 4.27. The summed E-state index contributed by atoms with van der Waals surface area (Å²) in [5, 5.41) is 17.4. The predicted molar refractivity (Wildman–Crippen MR) is 112 cm³/mol. The van der Waals surface area contributed by atoms with E-state index in [-0.39, 0.29) is 18.0 Å². The minimum atomic E-state index is -0.894. The van der Waals surface area contributed by atoms with E-state index in [0.29, 0.717) is 11.5 Å². The van der Waals surface area contributed by atoms with Crippen molar-refractivity contribution in [3.63, 3.8) is 0 Å². The second-order valence-corrected chi connectivity index (χ2v) is 7.11. The summed E-state index contributed by atoms with van der Waals surface area (Å²) in [6.07, 6.45) is 2.04. The number of anilines is 1. The van der Waals surface area contributed by atoms with Crippen molar-refractivity contribution in [1.29, 1.82) is 0 Å². The monoisotopic (exact) mass is 421 g/mol. The van der Waals surface area contributed by atoms with E-state index in [1.165, 1.54) is 29.8 Å².